The van der Waals surface area contributed by atoms with Crippen molar-refractivity contribution in [2.24, 2.45) is 0 Å². The van der Waals surface area contributed by atoms with Crippen LogP contribution in [-0.2, 0) is 4.79 Å². The SMILES string of the molecule is Cc1cc(/C=C/C(=O)N2CCN(c3nc(OC[C@@]45CCCN4C[C@H](F)C5)nc4c(F)c(-c5cccc(Cl)c5C5CC5)ncc34)C[C@@H]2CC#N)nc(C)n1. The molecule has 3 saturated heterocycles. The van der Waals surface area contributed by atoms with E-state index >= 15 is 4.39 Å². The zero-order valence-corrected chi connectivity index (χ0v) is 30.5. The number of fused-ring (bicyclic) bond motifs is 2. The molecule has 0 spiro atoms. The Morgan fingerprint density at radius 2 is 2.00 bits per heavy atom. The lowest BCUT2D eigenvalue weighted by Crippen LogP contribution is -2.55. The van der Waals surface area contributed by atoms with Gasteiger partial charge in [-0.05, 0) is 75.8 Å². The summed E-state index contributed by atoms with van der Waals surface area (Å²) < 4.78 is 37.8. The topological polar surface area (TPSA) is 124 Å². The van der Waals surface area contributed by atoms with E-state index in [-0.39, 0.29) is 55.2 Å². The maximum absolute atomic E-state index is 16.9. The van der Waals surface area contributed by atoms with Crippen LogP contribution < -0.4 is 9.64 Å². The van der Waals surface area contributed by atoms with Gasteiger partial charge in [-0.1, -0.05) is 23.7 Å². The molecule has 4 fully saturated rings. The molecule has 1 amide bonds. The van der Waals surface area contributed by atoms with E-state index in [1.54, 1.807) is 36.2 Å². The minimum Gasteiger partial charge on any atom is -0.461 e. The average molecular weight is 740 g/mol. The average Bonchev–Trinajstić information content (AvgIpc) is 3.82. The van der Waals surface area contributed by atoms with Gasteiger partial charge in [0.2, 0.25) is 5.91 Å². The van der Waals surface area contributed by atoms with Crippen LogP contribution in [0.25, 0.3) is 28.2 Å². The molecule has 4 aliphatic rings. The number of nitriles is 1. The summed E-state index contributed by atoms with van der Waals surface area (Å²) in [6.07, 6.45) is 7.91. The molecule has 0 bridgehead atoms. The molecule has 14 heteroatoms. The monoisotopic (exact) mass is 739 g/mol. The van der Waals surface area contributed by atoms with Gasteiger partial charge in [-0.15, -0.1) is 0 Å². The van der Waals surface area contributed by atoms with Crippen LogP contribution in [0.3, 0.4) is 0 Å². The van der Waals surface area contributed by atoms with Crippen LogP contribution in [0, 0.1) is 31.0 Å². The second-order valence-electron chi connectivity index (χ2n) is 14.7. The molecule has 0 N–H and O–H groups in total. The smallest absolute Gasteiger partial charge is 0.319 e. The van der Waals surface area contributed by atoms with E-state index < -0.39 is 23.6 Å². The van der Waals surface area contributed by atoms with Crippen molar-refractivity contribution in [1.29, 1.82) is 5.26 Å². The van der Waals surface area contributed by atoms with Crippen molar-refractivity contribution in [3.8, 4) is 23.3 Å². The molecule has 11 nitrogen and oxygen atoms in total. The van der Waals surface area contributed by atoms with E-state index in [4.69, 9.17) is 21.3 Å². The number of piperazine rings is 1. The van der Waals surface area contributed by atoms with Crippen molar-refractivity contribution in [2.75, 3.05) is 44.2 Å². The van der Waals surface area contributed by atoms with Gasteiger partial charge in [0.05, 0.1) is 35.2 Å². The van der Waals surface area contributed by atoms with E-state index in [0.717, 1.165) is 43.5 Å². The van der Waals surface area contributed by atoms with Crippen molar-refractivity contribution >= 4 is 40.3 Å². The molecule has 4 aromatic rings. The van der Waals surface area contributed by atoms with Crippen LogP contribution in [-0.4, -0.2) is 97.7 Å². The summed E-state index contributed by atoms with van der Waals surface area (Å²) in [5.74, 6) is 0.383. The number of ether oxygens (including phenoxy) is 1. The number of pyridine rings is 1. The number of hydrogen-bond acceptors (Lipinski definition) is 10. The standard InChI is InChI=1S/C39H40ClF2N9O2/c1-23-17-27(46-24(2)45-23)9-10-32(52)51-16-15-49(21-28(51)11-13-43)37-30-19-44-35(29-5-3-6-31(40)33(29)25-7-8-25)34(42)36(30)47-38(48-37)53-22-39-12-4-14-50(39)20-26(41)18-39/h3,5-6,9-10,17,19,25-26,28H,4,7-8,11-12,14-16,18,20-22H2,1-2H3/b10-9+/t26-,28+,39+/m1/s1. The highest BCUT2D eigenvalue weighted by Crippen LogP contribution is 2.48. The zero-order chi connectivity index (χ0) is 36.9. The molecule has 0 unspecified atom stereocenters. The second-order valence-corrected chi connectivity index (χ2v) is 15.1. The van der Waals surface area contributed by atoms with Gasteiger partial charge in [-0.3, -0.25) is 14.7 Å². The summed E-state index contributed by atoms with van der Waals surface area (Å²) in [6, 6.07) is 8.97. The molecule has 3 aliphatic heterocycles. The zero-order valence-electron chi connectivity index (χ0n) is 29.7. The molecule has 6 heterocycles. The summed E-state index contributed by atoms with van der Waals surface area (Å²) in [5.41, 5.74) is 2.66. The molecule has 3 atom stereocenters. The third-order valence-corrected chi connectivity index (χ3v) is 11.3. The number of carbonyl (C=O) groups is 1. The highest BCUT2D eigenvalue weighted by Gasteiger charge is 2.49. The van der Waals surface area contributed by atoms with Gasteiger partial charge < -0.3 is 14.5 Å². The number of benzene rings is 1. The molecule has 1 saturated carbocycles. The van der Waals surface area contributed by atoms with E-state index in [9.17, 15) is 14.4 Å². The van der Waals surface area contributed by atoms with Crippen LogP contribution >= 0.6 is 11.6 Å². The lowest BCUT2D eigenvalue weighted by Gasteiger charge is -2.41. The fourth-order valence-corrected chi connectivity index (χ4v) is 8.72. The third-order valence-electron chi connectivity index (χ3n) is 10.9. The number of rotatable bonds is 9. The van der Waals surface area contributed by atoms with Gasteiger partial charge in [0.1, 0.15) is 35.6 Å². The lowest BCUT2D eigenvalue weighted by molar-refractivity contribution is -0.128. The van der Waals surface area contributed by atoms with Crippen molar-refractivity contribution < 1.29 is 18.3 Å². The normalized spacial score (nSPS) is 23.2. The first-order valence-corrected chi connectivity index (χ1v) is 18.6. The van der Waals surface area contributed by atoms with Gasteiger partial charge in [0.15, 0.2) is 5.82 Å². The van der Waals surface area contributed by atoms with Gasteiger partial charge in [0, 0.05) is 61.2 Å². The Bertz CT molecular complexity index is 2140. The lowest BCUT2D eigenvalue weighted by atomic mass is 9.95. The minimum absolute atomic E-state index is 0.0192. The second kappa shape index (κ2) is 14.2. The fraction of sp³-hybridized carbons (Fsp3) is 0.462. The van der Waals surface area contributed by atoms with Crippen molar-refractivity contribution in [2.45, 2.75) is 76.0 Å². The van der Waals surface area contributed by atoms with Crippen molar-refractivity contribution in [3.05, 3.63) is 70.2 Å². The Hall–Kier alpha value is -4.80. The third kappa shape index (κ3) is 6.90. The Labute approximate surface area is 311 Å². The predicted octanol–water partition coefficient (Wildman–Crippen LogP) is 6.37. The Morgan fingerprint density at radius 3 is 2.79 bits per heavy atom. The number of halogens is 3. The first-order chi connectivity index (χ1) is 25.6. The number of anilines is 1. The summed E-state index contributed by atoms with van der Waals surface area (Å²) in [6.45, 7) is 5.91. The minimum atomic E-state index is -0.934. The van der Waals surface area contributed by atoms with Crippen LogP contribution in [0.4, 0.5) is 14.6 Å². The number of aryl methyl sites for hydroxylation is 2. The van der Waals surface area contributed by atoms with Gasteiger partial charge >= 0.3 is 6.01 Å². The number of nitrogens with zero attached hydrogens (tertiary/aromatic N) is 9. The number of hydrogen-bond donors (Lipinski definition) is 0. The molecule has 8 rings (SSSR count). The van der Waals surface area contributed by atoms with Gasteiger partial charge in [-0.25, -0.2) is 18.7 Å². The van der Waals surface area contributed by atoms with Crippen LogP contribution in [0.2, 0.25) is 5.02 Å². The van der Waals surface area contributed by atoms with Gasteiger partial charge in [0.25, 0.3) is 0 Å². The Morgan fingerprint density at radius 1 is 1.15 bits per heavy atom. The van der Waals surface area contributed by atoms with E-state index in [2.05, 4.69) is 30.9 Å². The summed E-state index contributed by atoms with van der Waals surface area (Å²) >= 11 is 6.64. The largest absolute Gasteiger partial charge is 0.461 e. The number of amides is 1. The van der Waals surface area contributed by atoms with Crippen LogP contribution in [0.5, 0.6) is 6.01 Å². The molecular formula is C39H40ClF2N9O2. The Kier molecular flexibility index (Phi) is 9.45. The quantitative estimate of drug-likeness (QED) is 0.179. The summed E-state index contributed by atoms with van der Waals surface area (Å²) in [4.78, 5) is 42.0. The fourth-order valence-electron chi connectivity index (χ4n) is 8.39. The Balaban J connectivity index is 1.14. The molecular weight excluding hydrogens is 700 g/mol. The number of alkyl halides is 1. The maximum Gasteiger partial charge on any atom is 0.319 e. The maximum atomic E-state index is 16.9. The van der Waals surface area contributed by atoms with E-state index in [1.165, 1.54) is 6.08 Å². The molecule has 0 radical (unpaired) electrons. The summed E-state index contributed by atoms with van der Waals surface area (Å²) in [5, 5.41) is 10.8. The molecule has 1 aliphatic carbocycles. The number of aromatic nitrogens is 5. The first kappa shape index (κ1) is 35.2. The van der Waals surface area contributed by atoms with Crippen molar-refractivity contribution in [1.82, 2.24) is 34.7 Å². The van der Waals surface area contributed by atoms with E-state index in [1.807, 2.05) is 24.0 Å². The predicted molar refractivity (Wildman–Crippen MR) is 197 cm³/mol. The molecule has 274 valence electrons. The first-order valence-electron chi connectivity index (χ1n) is 18.2. The molecule has 3 aromatic heterocycles. The van der Waals surface area contributed by atoms with Crippen molar-refractivity contribution in [3.63, 3.8) is 0 Å². The van der Waals surface area contributed by atoms with E-state index in [0.29, 0.717) is 52.8 Å². The highest BCUT2D eigenvalue weighted by molar-refractivity contribution is 6.32. The molecule has 1 aromatic carbocycles. The van der Waals surface area contributed by atoms with Crippen LogP contribution in [0.1, 0.15) is 67.2 Å². The number of carbonyl (C=O) groups excluding carboxylic acids is 1. The van der Waals surface area contributed by atoms with Crippen LogP contribution in [0.15, 0.2) is 36.5 Å². The molecule has 53 heavy (non-hydrogen) atoms. The van der Waals surface area contributed by atoms with Gasteiger partial charge in [-0.2, -0.15) is 15.2 Å². The highest BCUT2D eigenvalue weighted by atomic mass is 35.5. The summed E-state index contributed by atoms with van der Waals surface area (Å²) in [7, 11) is 0.